The van der Waals surface area contributed by atoms with Crippen LogP contribution in [0.15, 0.2) is 62.3 Å². The van der Waals surface area contributed by atoms with Crippen LogP contribution in [0.4, 0.5) is 11.4 Å². The lowest BCUT2D eigenvalue weighted by molar-refractivity contribution is -0.124. The molecular formula is C24H25N3O3S2. The van der Waals surface area contributed by atoms with Crippen LogP contribution >= 0.6 is 23.5 Å². The molecule has 1 saturated carbocycles. The first-order chi connectivity index (χ1) is 15.6. The molecule has 2 aromatic carbocycles. The molecule has 0 bridgehead atoms. The van der Waals surface area contributed by atoms with E-state index in [4.69, 9.17) is 9.73 Å². The lowest BCUT2D eigenvalue weighted by Crippen LogP contribution is -2.40. The van der Waals surface area contributed by atoms with Crippen LogP contribution in [0, 0.1) is 0 Å². The lowest BCUT2D eigenvalue weighted by atomic mass is 9.94. The average Bonchev–Trinajstić information content (AvgIpc) is 3.31. The molecule has 1 aliphatic carbocycles. The highest BCUT2D eigenvalue weighted by molar-refractivity contribution is 8.19. The number of carbonyl (C=O) groups is 1. The first kappa shape index (κ1) is 21.3. The van der Waals surface area contributed by atoms with Crippen molar-refractivity contribution in [1.29, 1.82) is 0 Å². The van der Waals surface area contributed by atoms with Crippen LogP contribution in [0.3, 0.4) is 0 Å². The van der Waals surface area contributed by atoms with Crippen molar-refractivity contribution >= 4 is 46.0 Å². The van der Waals surface area contributed by atoms with E-state index in [9.17, 15) is 9.90 Å². The molecule has 2 aliphatic heterocycles. The van der Waals surface area contributed by atoms with E-state index >= 15 is 0 Å². The number of aromatic hydroxyl groups is 1. The number of anilines is 1. The molecule has 0 atom stereocenters. The van der Waals surface area contributed by atoms with Crippen LogP contribution in [0.25, 0.3) is 0 Å². The standard InChI is InChI=1S/C24H25N3O3S2/c1-26-18-14-16(30-2)12-13-20(18)31-23(26)21-22(29)27(15-8-4-3-5-9-15)24(32-21)25-17-10-6-7-11-19(17)28/h6-7,10-15,28H,3-5,8-9H2,1-2H3/b23-21-,25-24?. The molecule has 3 aliphatic rings. The molecule has 1 saturated heterocycles. The third kappa shape index (κ3) is 3.75. The van der Waals surface area contributed by atoms with Crippen molar-refractivity contribution in [2.24, 2.45) is 4.99 Å². The quantitative estimate of drug-likeness (QED) is 0.584. The molecule has 8 heteroatoms. The number of amides is 1. The maximum atomic E-state index is 13.7. The van der Waals surface area contributed by atoms with E-state index in [0.29, 0.717) is 15.8 Å². The van der Waals surface area contributed by atoms with Crippen molar-refractivity contribution in [1.82, 2.24) is 4.90 Å². The molecule has 1 N–H and O–H groups in total. The Morgan fingerprint density at radius 1 is 1.09 bits per heavy atom. The highest BCUT2D eigenvalue weighted by atomic mass is 32.2. The summed E-state index contributed by atoms with van der Waals surface area (Å²) in [5.41, 5.74) is 1.51. The summed E-state index contributed by atoms with van der Waals surface area (Å²) in [7, 11) is 3.64. The first-order valence-corrected chi connectivity index (χ1v) is 12.4. The number of hydrogen-bond acceptors (Lipinski definition) is 7. The van der Waals surface area contributed by atoms with Crippen LogP contribution in [0.1, 0.15) is 32.1 Å². The molecule has 0 aromatic heterocycles. The number of carbonyl (C=O) groups excluding carboxylic acids is 1. The number of fused-ring (bicyclic) bond motifs is 1. The van der Waals surface area contributed by atoms with Crippen LogP contribution < -0.4 is 9.64 Å². The molecule has 0 unspecified atom stereocenters. The largest absolute Gasteiger partial charge is 0.506 e. The van der Waals surface area contributed by atoms with Gasteiger partial charge in [0.1, 0.15) is 22.1 Å². The van der Waals surface area contributed by atoms with Gasteiger partial charge in [-0.2, -0.15) is 0 Å². The number of benzene rings is 2. The van der Waals surface area contributed by atoms with Crippen LogP contribution in [0.5, 0.6) is 11.5 Å². The monoisotopic (exact) mass is 467 g/mol. The second-order valence-corrected chi connectivity index (χ2v) is 10.1. The Balaban J connectivity index is 1.56. The van der Waals surface area contributed by atoms with Crippen LogP contribution in [0.2, 0.25) is 0 Å². The van der Waals surface area contributed by atoms with E-state index < -0.39 is 0 Å². The molecular weight excluding hydrogens is 442 g/mol. The number of aliphatic imine (C=N–C) groups is 1. The molecule has 2 aromatic rings. The number of phenols is 1. The van der Waals surface area contributed by atoms with E-state index in [1.165, 1.54) is 18.2 Å². The second-order valence-electron chi connectivity index (χ2n) is 8.08. The number of phenolic OH excluding ortho intramolecular Hbond substituents is 1. The number of nitrogens with zero attached hydrogens (tertiary/aromatic N) is 3. The summed E-state index contributed by atoms with van der Waals surface area (Å²) in [4.78, 5) is 24.2. The Labute approximate surface area is 196 Å². The number of methoxy groups -OCH3 is 1. The minimum Gasteiger partial charge on any atom is -0.506 e. The number of hydrogen-bond donors (Lipinski definition) is 1. The Bertz CT molecular complexity index is 1130. The molecule has 166 valence electrons. The molecule has 2 heterocycles. The summed E-state index contributed by atoms with van der Waals surface area (Å²) in [5.74, 6) is 0.910. The summed E-state index contributed by atoms with van der Waals surface area (Å²) >= 11 is 3.01. The Kier molecular flexibility index (Phi) is 5.82. The minimum absolute atomic E-state index is 0.00481. The van der Waals surface area contributed by atoms with Gasteiger partial charge in [0.05, 0.1) is 17.8 Å². The first-order valence-electron chi connectivity index (χ1n) is 10.8. The van der Waals surface area contributed by atoms with Gasteiger partial charge in [0.15, 0.2) is 5.17 Å². The zero-order chi connectivity index (χ0) is 22.2. The van der Waals surface area contributed by atoms with E-state index in [1.807, 2.05) is 36.2 Å². The van der Waals surface area contributed by atoms with Gasteiger partial charge in [0.25, 0.3) is 5.91 Å². The van der Waals surface area contributed by atoms with Crippen molar-refractivity contribution in [2.45, 2.75) is 43.0 Å². The number of rotatable bonds is 3. The third-order valence-corrected chi connectivity index (χ3v) is 8.49. The van der Waals surface area contributed by atoms with E-state index in [-0.39, 0.29) is 17.7 Å². The fraction of sp³-hybridized carbons (Fsp3) is 0.333. The topological polar surface area (TPSA) is 65.4 Å². The second kappa shape index (κ2) is 8.75. The molecule has 32 heavy (non-hydrogen) atoms. The van der Waals surface area contributed by atoms with E-state index in [2.05, 4.69) is 4.90 Å². The zero-order valence-corrected chi connectivity index (χ0v) is 19.7. The Hall–Kier alpha value is -2.58. The Morgan fingerprint density at radius 2 is 1.88 bits per heavy atom. The highest BCUT2D eigenvalue weighted by Crippen LogP contribution is 2.51. The lowest BCUT2D eigenvalue weighted by Gasteiger charge is -2.30. The fourth-order valence-corrected chi connectivity index (χ4v) is 6.75. The molecule has 5 rings (SSSR count). The predicted octanol–water partition coefficient (Wildman–Crippen LogP) is 5.71. The summed E-state index contributed by atoms with van der Waals surface area (Å²) in [6.45, 7) is 0. The fourth-order valence-electron chi connectivity index (χ4n) is 4.37. The van der Waals surface area contributed by atoms with Crippen molar-refractivity contribution in [3.63, 3.8) is 0 Å². The van der Waals surface area contributed by atoms with Crippen molar-refractivity contribution < 1.29 is 14.6 Å². The minimum atomic E-state index is 0.00481. The summed E-state index contributed by atoms with van der Waals surface area (Å²) in [6, 6.07) is 13.1. The third-order valence-electron chi connectivity index (χ3n) is 6.08. The average molecular weight is 468 g/mol. The maximum absolute atomic E-state index is 13.7. The molecule has 0 radical (unpaired) electrons. The normalized spacial score (nSPS) is 22.7. The van der Waals surface area contributed by atoms with Gasteiger partial charge in [-0.05, 0) is 48.9 Å². The zero-order valence-electron chi connectivity index (χ0n) is 18.1. The molecule has 6 nitrogen and oxygen atoms in total. The SMILES string of the molecule is COc1ccc2c(c1)N(C)/C(=C1/SC(=Nc3ccccc3O)N(C3CCCCC3)C1=O)S2. The van der Waals surface area contributed by atoms with Gasteiger partial charge in [-0.3, -0.25) is 9.69 Å². The van der Waals surface area contributed by atoms with Gasteiger partial charge in [-0.25, -0.2) is 4.99 Å². The van der Waals surface area contributed by atoms with Crippen molar-refractivity contribution in [3.05, 3.63) is 52.4 Å². The molecule has 2 fully saturated rings. The van der Waals surface area contributed by atoms with Crippen molar-refractivity contribution in [3.8, 4) is 11.5 Å². The van der Waals surface area contributed by atoms with Gasteiger partial charge in [-0.15, -0.1) is 0 Å². The molecule has 1 amide bonds. The molecule has 0 spiro atoms. The maximum Gasteiger partial charge on any atom is 0.269 e. The van der Waals surface area contributed by atoms with Gasteiger partial charge in [0.2, 0.25) is 0 Å². The van der Waals surface area contributed by atoms with Gasteiger partial charge in [0, 0.05) is 24.1 Å². The number of amidine groups is 1. The van der Waals surface area contributed by atoms with Gasteiger partial charge >= 0.3 is 0 Å². The highest BCUT2D eigenvalue weighted by Gasteiger charge is 2.42. The predicted molar refractivity (Wildman–Crippen MR) is 131 cm³/mol. The summed E-state index contributed by atoms with van der Waals surface area (Å²) in [5, 5.41) is 11.8. The summed E-state index contributed by atoms with van der Waals surface area (Å²) in [6.07, 6.45) is 5.41. The van der Waals surface area contributed by atoms with Crippen LogP contribution in [-0.4, -0.2) is 41.3 Å². The van der Waals surface area contributed by atoms with E-state index in [0.717, 1.165) is 47.0 Å². The number of ether oxygens (including phenoxy) is 1. The smallest absolute Gasteiger partial charge is 0.269 e. The summed E-state index contributed by atoms with van der Waals surface area (Å²) < 4.78 is 5.39. The van der Waals surface area contributed by atoms with Gasteiger partial charge in [-0.1, -0.05) is 43.2 Å². The number of thioether (sulfide) groups is 2. The van der Waals surface area contributed by atoms with Gasteiger partial charge < -0.3 is 14.7 Å². The number of para-hydroxylation sites is 2. The van der Waals surface area contributed by atoms with Crippen molar-refractivity contribution in [2.75, 3.05) is 19.1 Å². The Morgan fingerprint density at radius 3 is 2.62 bits per heavy atom. The van der Waals surface area contributed by atoms with E-state index in [1.54, 1.807) is 37.1 Å². The van der Waals surface area contributed by atoms with Crippen LogP contribution in [-0.2, 0) is 4.79 Å².